The third-order valence-corrected chi connectivity index (χ3v) is 4.62. The lowest BCUT2D eigenvalue weighted by atomic mass is 10.2. The fourth-order valence-electron chi connectivity index (χ4n) is 1.96. The summed E-state index contributed by atoms with van der Waals surface area (Å²) < 4.78 is 11.4. The number of carbonyl (C=O) groups excluding carboxylic acids is 2. The first-order chi connectivity index (χ1) is 13.7. The van der Waals surface area contributed by atoms with Gasteiger partial charge in [-0.2, -0.15) is 0 Å². The highest BCUT2D eigenvalue weighted by Gasteiger charge is 2.10. The molecule has 0 saturated carbocycles. The van der Waals surface area contributed by atoms with Gasteiger partial charge in [0.1, 0.15) is 11.5 Å². The van der Waals surface area contributed by atoms with Gasteiger partial charge < -0.3 is 9.47 Å². The van der Waals surface area contributed by atoms with Crippen molar-refractivity contribution in [1.29, 1.82) is 0 Å². The monoisotopic (exact) mass is 519 g/mol. The number of amides is 2. The smallest absolute Gasteiger partial charge is 0.276 e. The van der Waals surface area contributed by atoms with Gasteiger partial charge in [0.2, 0.25) is 0 Å². The SMILES string of the molecule is Cc1ccc(OCC(=O)NC(=S)NNC(=O)COc2ccc(Cl)cc2Cl)c(Br)c1. The molecule has 2 rings (SSSR count). The predicted octanol–water partition coefficient (Wildman–Crippen LogP) is 3.54. The Labute approximate surface area is 191 Å². The van der Waals surface area contributed by atoms with E-state index < -0.39 is 11.8 Å². The molecule has 2 aromatic carbocycles. The molecule has 0 spiro atoms. The maximum atomic E-state index is 11.9. The number of nitrogens with one attached hydrogen (secondary N) is 3. The van der Waals surface area contributed by atoms with Crippen molar-refractivity contribution in [2.45, 2.75) is 6.92 Å². The maximum Gasteiger partial charge on any atom is 0.276 e. The lowest BCUT2D eigenvalue weighted by Crippen LogP contribution is -2.50. The zero-order valence-electron chi connectivity index (χ0n) is 15.1. The van der Waals surface area contributed by atoms with Gasteiger partial charge in [0.15, 0.2) is 18.3 Å². The van der Waals surface area contributed by atoms with Crippen molar-refractivity contribution in [3.05, 3.63) is 56.5 Å². The first-order valence-electron chi connectivity index (χ1n) is 8.10. The average molecular weight is 521 g/mol. The summed E-state index contributed by atoms with van der Waals surface area (Å²) in [5.41, 5.74) is 5.73. The normalized spacial score (nSPS) is 10.1. The topological polar surface area (TPSA) is 88.7 Å². The van der Waals surface area contributed by atoms with Crippen molar-refractivity contribution in [3.63, 3.8) is 0 Å². The fourth-order valence-corrected chi connectivity index (χ4v) is 3.19. The van der Waals surface area contributed by atoms with Crippen LogP contribution in [0.1, 0.15) is 5.56 Å². The predicted molar refractivity (Wildman–Crippen MR) is 118 cm³/mol. The summed E-state index contributed by atoms with van der Waals surface area (Å²) in [5, 5.41) is 3.01. The molecule has 0 heterocycles. The van der Waals surface area contributed by atoms with E-state index in [0.717, 1.165) is 10.0 Å². The van der Waals surface area contributed by atoms with E-state index in [9.17, 15) is 9.59 Å². The second-order valence-corrected chi connectivity index (χ2v) is 7.74. The number of carbonyl (C=O) groups is 2. The average Bonchev–Trinajstić information content (AvgIpc) is 2.65. The molecule has 29 heavy (non-hydrogen) atoms. The molecule has 154 valence electrons. The van der Waals surface area contributed by atoms with Crippen LogP contribution in [-0.2, 0) is 9.59 Å². The highest BCUT2D eigenvalue weighted by molar-refractivity contribution is 9.10. The quantitative estimate of drug-likeness (QED) is 0.399. The lowest BCUT2D eigenvalue weighted by molar-refractivity contribution is -0.124. The van der Waals surface area contributed by atoms with Gasteiger partial charge in [0, 0.05) is 5.02 Å². The maximum absolute atomic E-state index is 11.9. The van der Waals surface area contributed by atoms with Crippen LogP contribution in [0.5, 0.6) is 11.5 Å². The minimum absolute atomic E-state index is 0.0977. The van der Waals surface area contributed by atoms with E-state index in [-0.39, 0.29) is 23.3 Å². The molecule has 7 nitrogen and oxygen atoms in total. The van der Waals surface area contributed by atoms with Gasteiger partial charge in [-0.25, -0.2) is 0 Å². The number of hydrogen-bond acceptors (Lipinski definition) is 5. The number of hydrogen-bond donors (Lipinski definition) is 3. The van der Waals surface area contributed by atoms with Crippen LogP contribution < -0.4 is 25.6 Å². The molecule has 11 heteroatoms. The number of benzene rings is 2. The van der Waals surface area contributed by atoms with E-state index in [1.54, 1.807) is 18.2 Å². The van der Waals surface area contributed by atoms with Gasteiger partial charge in [-0.15, -0.1) is 0 Å². The number of hydrazine groups is 1. The van der Waals surface area contributed by atoms with E-state index in [1.165, 1.54) is 6.07 Å². The summed E-state index contributed by atoms with van der Waals surface area (Å²) in [6, 6.07) is 10.1. The number of aryl methyl sites for hydroxylation is 1. The molecule has 0 radical (unpaired) electrons. The summed E-state index contributed by atoms with van der Waals surface area (Å²) in [6.45, 7) is 1.36. The largest absolute Gasteiger partial charge is 0.483 e. The van der Waals surface area contributed by atoms with Crippen molar-refractivity contribution in [1.82, 2.24) is 16.2 Å². The van der Waals surface area contributed by atoms with E-state index >= 15 is 0 Å². The van der Waals surface area contributed by atoms with Crippen LogP contribution >= 0.6 is 51.3 Å². The van der Waals surface area contributed by atoms with Gasteiger partial charge in [-0.05, 0) is 71.0 Å². The Morgan fingerprint density at radius 2 is 1.66 bits per heavy atom. The standard InChI is InChI=1S/C18H16BrCl2N3O4S/c1-10-2-4-14(12(19)6-10)27-8-16(25)22-18(29)24-23-17(26)9-28-15-5-3-11(20)7-13(15)21/h2-7H,8-9H2,1H3,(H,23,26)(H2,22,24,25,29). The molecular formula is C18H16BrCl2N3O4S. The van der Waals surface area contributed by atoms with Crippen molar-refractivity contribution < 1.29 is 19.1 Å². The summed E-state index contributed by atoms with van der Waals surface area (Å²) in [4.78, 5) is 23.7. The van der Waals surface area contributed by atoms with Crippen LogP contribution in [-0.4, -0.2) is 30.1 Å². The second-order valence-electron chi connectivity index (χ2n) is 5.64. The zero-order chi connectivity index (χ0) is 21.4. The van der Waals surface area contributed by atoms with Crippen LogP contribution in [0.3, 0.4) is 0 Å². The van der Waals surface area contributed by atoms with Crippen LogP contribution in [0, 0.1) is 6.92 Å². The van der Waals surface area contributed by atoms with Crippen LogP contribution in [0.4, 0.5) is 0 Å². The molecule has 0 saturated heterocycles. The van der Waals surface area contributed by atoms with Crippen molar-refractivity contribution in [2.75, 3.05) is 13.2 Å². The van der Waals surface area contributed by atoms with Crippen LogP contribution in [0.2, 0.25) is 10.0 Å². The number of ether oxygens (including phenoxy) is 2. The third-order valence-electron chi connectivity index (χ3n) is 3.27. The van der Waals surface area contributed by atoms with E-state index in [2.05, 4.69) is 32.1 Å². The molecule has 3 N–H and O–H groups in total. The molecular weight excluding hydrogens is 505 g/mol. The van der Waals surface area contributed by atoms with Crippen LogP contribution in [0.15, 0.2) is 40.9 Å². The zero-order valence-corrected chi connectivity index (χ0v) is 19.0. The van der Waals surface area contributed by atoms with Gasteiger partial charge >= 0.3 is 0 Å². The van der Waals surface area contributed by atoms with E-state index in [4.69, 9.17) is 44.9 Å². The molecule has 0 fully saturated rings. The lowest BCUT2D eigenvalue weighted by Gasteiger charge is -2.12. The highest BCUT2D eigenvalue weighted by Crippen LogP contribution is 2.27. The van der Waals surface area contributed by atoms with Crippen molar-refractivity contribution >= 4 is 68.3 Å². The van der Waals surface area contributed by atoms with Gasteiger partial charge in [0.25, 0.3) is 11.8 Å². The molecule has 0 atom stereocenters. The molecule has 0 aliphatic heterocycles. The van der Waals surface area contributed by atoms with E-state index in [0.29, 0.717) is 16.5 Å². The molecule has 0 bridgehead atoms. The highest BCUT2D eigenvalue weighted by atomic mass is 79.9. The minimum atomic E-state index is -0.535. The van der Waals surface area contributed by atoms with Crippen LogP contribution in [0.25, 0.3) is 0 Å². The summed E-state index contributed by atoms with van der Waals surface area (Å²) in [7, 11) is 0. The molecule has 0 aliphatic rings. The molecule has 0 unspecified atom stereocenters. The Kier molecular flexibility index (Phi) is 8.97. The minimum Gasteiger partial charge on any atom is -0.483 e. The Morgan fingerprint density at radius 3 is 2.34 bits per heavy atom. The molecule has 0 aromatic heterocycles. The first kappa shape index (κ1) is 23.2. The summed E-state index contributed by atoms with van der Waals surface area (Å²) in [5.74, 6) is -0.196. The second kappa shape index (κ2) is 11.2. The van der Waals surface area contributed by atoms with Gasteiger partial charge in [0.05, 0.1) is 9.50 Å². The first-order valence-corrected chi connectivity index (χ1v) is 10.1. The Bertz CT molecular complexity index is 930. The fraction of sp³-hybridized carbons (Fsp3) is 0.167. The Balaban J connectivity index is 1.68. The Hall–Kier alpha value is -2.07. The van der Waals surface area contributed by atoms with E-state index in [1.807, 2.05) is 19.1 Å². The number of thiocarbonyl (C=S) groups is 1. The van der Waals surface area contributed by atoms with Gasteiger partial charge in [-0.1, -0.05) is 29.3 Å². The molecule has 2 amide bonds. The number of rotatable bonds is 6. The molecule has 0 aliphatic carbocycles. The summed E-state index contributed by atoms with van der Waals surface area (Å²) in [6.07, 6.45) is 0. The number of halogens is 3. The van der Waals surface area contributed by atoms with Crippen molar-refractivity contribution in [2.24, 2.45) is 0 Å². The molecule has 2 aromatic rings. The third kappa shape index (κ3) is 8.06. The Morgan fingerprint density at radius 1 is 1.00 bits per heavy atom. The van der Waals surface area contributed by atoms with Gasteiger partial charge in [-0.3, -0.25) is 25.8 Å². The summed E-state index contributed by atoms with van der Waals surface area (Å²) >= 11 is 20.0. The van der Waals surface area contributed by atoms with Crippen molar-refractivity contribution in [3.8, 4) is 11.5 Å².